The van der Waals surface area contributed by atoms with Gasteiger partial charge < -0.3 is 9.64 Å². The molecule has 1 aliphatic heterocycles. The van der Waals surface area contributed by atoms with Gasteiger partial charge in [0.2, 0.25) is 15.8 Å². The third kappa shape index (κ3) is 5.12. The first-order chi connectivity index (χ1) is 18.5. The lowest BCUT2D eigenvalue weighted by atomic mass is 10.1. The lowest BCUT2D eigenvalue weighted by Gasteiger charge is -2.36. The van der Waals surface area contributed by atoms with Gasteiger partial charge in [-0.25, -0.2) is 26.0 Å². The minimum absolute atomic E-state index is 0.00906. The number of anilines is 1. The molecule has 0 N–H and O–H groups in total. The van der Waals surface area contributed by atoms with E-state index in [0.29, 0.717) is 6.07 Å². The number of hydrogen-bond donors (Lipinski definition) is 0. The van der Waals surface area contributed by atoms with E-state index < -0.39 is 50.2 Å². The maximum Gasteiger partial charge on any atom is 0.316 e. The summed E-state index contributed by atoms with van der Waals surface area (Å²) in [6.07, 6.45) is 0.528. The van der Waals surface area contributed by atoms with E-state index in [-0.39, 0.29) is 67.3 Å². The van der Waals surface area contributed by atoms with Crippen molar-refractivity contribution in [2.45, 2.75) is 38.0 Å². The zero-order chi connectivity index (χ0) is 28.1. The van der Waals surface area contributed by atoms with Gasteiger partial charge in [0.1, 0.15) is 35.1 Å². The van der Waals surface area contributed by atoms with Crippen molar-refractivity contribution in [2.24, 2.45) is 0 Å². The Morgan fingerprint density at radius 1 is 0.923 bits per heavy atom. The van der Waals surface area contributed by atoms with Gasteiger partial charge in [0.05, 0.1) is 17.1 Å². The zero-order valence-electron chi connectivity index (χ0n) is 21.2. The number of rotatable bonds is 6. The fraction of sp³-hybridized carbons (Fsp3) is 0.385. The van der Waals surface area contributed by atoms with E-state index in [1.807, 2.05) is 0 Å². The molecule has 0 radical (unpaired) electrons. The predicted molar refractivity (Wildman–Crippen MR) is 136 cm³/mol. The average molecular weight is 567 g/mol. The largest absolute Gasteiger partial charge is 0.482 e. The molecule has 1 aromatic heterocycles. The van der Waals surface area contributed by atoms with E-state index in [0.717, 1.165) is 28.9 Å². The SMILES string of the molecule is CC(C)S(=O)(=O)N1CCN(c2cnn(-c3cc(F)cc(F)c3)c(=O)c2OC2Cc3c(F)ccc(F)c3C2)CC1. The summed E-state index contributed by atoms with van der Waals surface area (Å²) in [5.41, 5.74) is -0.432. The van der Waals surface area contributed by atoms with Crippen LogP contribution < -0.4 is 15.2 Å². The van der Waals surface area contributed by atoms with Crippen LogP contribution in [0.4, 0.5) is 23.2 Å². The van der Waals surface area contributed by atoms with E-state index in [9.17, 15) is 30.8 Å². The van der Waals surface area contributed by atoms with Crippen molar-refractivity contribution in [1.82, 2.24) is 14.1 Å². The number of sulfonamides is 1. The van der Waals surface area contributed by atoms with Gasteiger partial charge in [-0.3, -0.25) is 4.79 Å². The van der Waals surface area contributed by atoms with Crippen molar-refractivity contribution in [3.8, 4) is 11.4 Å². The number of aromatic nitrogens is 2. The number of halogens is 4. The van der Waals surface area contributed by atoms with E-state index in [1.54, 1.807) is 18.7 Å². The summed E-state index contributed by atoms with van der Waals surface area (Å²) < 4.78 is 89.9. The Morgan fingerprint density at radius 2 is 1.49 bits per heavy atom. The lowest BCUT2D eigenvalue weighted by molar-refractivity contribution is 0.208. The number of nitrogens with zero attached hydrogens (tertiary/aromatic N) is 4. The van der Waals surface area contributed by atoms with Crippen LogP contribution in [-0.4, -0.2) is 60.0 Å². The van der Waals surface area contributed by atoms with Crippen LogP contribution >= 0.6 is 0 Å². The Labute approximate surface area is 222 Å². The van der Waals surface area contributed by atoms with Gasteiger partial charge in [0.15, 0.2) is 0 Å². The smallest absolute Gasteiger partial charge is 0.316 e. The topological polar surface area (TPSA) is 84.7 Å². The minimum Gasteiger partial charge on any atom is -0.482 e. The second-order valence-corrected chi connectivity index (χ2v) is 12.3. The fourth-order valence-electron chi connectivity index (χ4n) is 4.95. The van der Waals surface area contributed by atoms with Crippen LogP contribution in [0, 0.1) is 23.3 Å². The molecule has 1 saturated heterocycles. The maximum atomic E-state index is 14.4. The highest BCUT2D eigenvalue weighted by Crippen LogP contribution is 2.33. The maximum absolute atomic E-state index is 14.4. The molecule has 1 fully saturated rings. The molecule has 0 atom stereocenters. The molecular formula is C26H26F4N4O4S. The molecule has 39 heavy (non-hydrogen) atoms. The Balaban J connectivity index is 1.51. The second-order valence-electron chi connectivity index (χ2n) is 9.82. The number of hydrogen-bond acceptors (Lipinski definition) is 6. The standard InChI is InChI=1S/C26H26F4N4O4S/c1-15(2)39(36,37)33-7-5-32(6-8-33)24-14-31-34(18-10-16(27)9-17(28)11-18)26(35)25(24)38-19-12-20-21(13-19)23(30)4-3-22(20)29/h3-4,9-11,14-15,19H,5-8,12-13H2,1-2H3. The van der Waals surface area contributed by atoms with Gasteiger partial charge >= 0.3 is 5.56 Å². The van der Waals surface area contributed by atoms with Crippen molar-refractivity contribution in [3.05, 3.63) is 81.3 Å². The zero-order valence-corrected chi connectivity index (χ0v) is 22.0. The van der Waals surface area contributed by atoms with Crippen molar-refractivity contribution >= 4 is 15.7 Å². The summed E-state index contributed by atoms with van der Waals surface area (Å²) in [6.45, 7) is 3.94. The molecule has 2 aromatic carbocycles. The van der Waals surface area contributed by atoms with Crippen LogP contribution in [0.1, 0.15) is 25.0 Å². The van der Waals surface area contributed by atoms with E-state index >= 15 is 0 Å². The Kier molecular flexibility index (Phi) is 7.14. The number of ether oxygens (including phenoxy) is 1. The summed E-state index contributed by atoms with van der Waals surface area (Å²) in [6, 6.07) is 4.60. The first-order valence-electron chi connectivity index (χ1n) is 12.4. The Bertz CT molecular complexity index is 1540. The highest BCUT2D eigenvalue weighted by Gasteiger charge is 2.33. The monoisotopic (exact) mass is 566 g/mol. The molecule has 2 heterocycles. The Hall–Kier alpha value is -3.45. The molecule has 0 unspecified atom stereocenters. The van der Waals surface area contributed by atoms with Gasteiger partial charge in [-0.15, -0.1) is 0 Å². The van der Waals surface area contributed by atoms with Crippen molar-refractivity contribution in [1.29, 1.82) is 0 Å². The quantitative estimate of drug-likeness (QED) is 0.427. The van der Waals surface area contributed by atoms with E-state index in [1.165, 1.54) is 10.5 Å². The summed E-state index contributed by atoms with van der Waals surface area (Å²) in [4.78, 5) is 15.3. The fourth-order valence-corrected chi connectivity index (χ4v) is 6.22. The molecular weight excluding hydrogens is 540 g/mol. The second kappa shape index (κ2) is 10.3. The van der Waals surface area contributed by atoms with Gasteiger partial charge in [0, 0.05) is 45.1 Å². The minimum atomic E-state index is -3.48. The highest BCUT2D eigenvalue weighted by atomic mass is 32.2. The molecule has 2 aliphatic rings. The van der Waals surface area contributed by atoms with Crippen LogP contribution in [0.15, 0.2) is 41.3 Å². The molecule has 5 rings (SSSR count). The van der Waals surface area contributed by atoms with Gasteiger partial charge in [-0.2, -0.15) is 14.1 Å². The summed E-state index contributed by atoms with van der Waals surface area (Å²) >= 11 is 0. The van der Waals surface area contributed by atoms with Crippen molar-refractivity contribution in [2.75, 3.05) is 31.1 Å². The molecule has 1 aliphatic carbocycles. The normalized spacial score (nSPS) is 16.6. The average Bonchev–Trinajstić information content (AvgIpc) is 3.32. The predicted octanol–water partition coefficient (Wildman–Crippen LogP) is 3.20. The number of fused-ring (bicyclic) bond motifs is 1. The molecule has 0 spiro atoms. The first-order valence-corrected chi connectivity index (χ1v) is 13.9. The first kappa shape index (κ1) is 27.1. The van der Waals surface area contributed by atoms with Gasteiger partial charge in [-0.1, -0.05) is 0 Å². The number of piperazine rings is 1. The molecule has 0 amide bonds. The molecule has 0 saturated carbocycles. The molecule has 3 aromatic rings. The Morgan fingerprint density at radius 3 is 2.03 bits per heavy atom. The van der Waals surface area contributed by atoms with Crippen LogP contribution in [0.2, 0.25) is 0 Å². The van der Waals surface area contributed by atoms with Crippen LogP contribution in [0.5, 0.6) is 5.75 Å². The lowest BCUT2D eigenvalue weighted by Crippen LogP contribution is -2.50. The van der Waals surface area contributed by atoms with Gasteiger partial charge in [0.25, 0.3) is 0 Å². The van der Waals surface area contributed by atoms with E-state index in [4.69, 9.17) is 4.74 Å². The third-order valence-electron chi connectivity index (χ3n) is 7.01. The summed E-state index contributed by atoms with van der Waals surface area (Å²) in [5, 5.41) is 3.51. The number of benzene rings is 2. The summed E-state index contributed by atoms with van der Waals surface area (Å²) in [5.74, 6) is -3.20. The molecule has 13 heteroatoms. The van der Waals surface area contributed by atoms with Crippen LogP contribution in [-0.2, 0) is 22.9 Å². The third-order valence-corrected chi connectivity index (χ3v) is 9.28. The van der Waals surface area contributed by atoms with Crippen molar-refractivity contribution < 1.29 is 30.7 Å². The molecule has 0 bridgehead atoms. The molecule has 8 nitrogen and oxygen atoms in total. The highest BCUT2D eigenvalue weighted by molar-refractivity contribution is 7.89. The van der Waals surface area contributed by atoms with Gasteiger partial charge in [-0.05, 0) is 49.2 Å². The van der Waals surface area contributed by atoms with Crippen LogP contribution in [0.3, 0.4) is 0 Å². The molecule has 208 valence electrons. The van der Waals surface area contributed by atoms with E-state index in [2.05, 4.69) is 5.10 Å². The summed E-state index contributed by atoms with van der Waals surface area (Å²) in [7, 11) is -3.48. The van der Waals surface area contributed by atoms with Crippen LogP contribution in [0.25, 0.3) is 5.69 Å². The van der Waals surface area contributed by atoms with Crippen molar-refractivity contribution in [3.63, 3.8) is 0 Å².